The Bertz CT molecular complexity index is 855. The maximum atomic E-state index is 12.7. The van der Waals surface area contributed by atoms with Gasteiger partial charge in [-0.25, -0.2) is 4.98 Å². The van der Waals surface area contributed by atoms with E-state index in [0.717, 1.165) is 53.8 Å². The van der Waals surface area contributed by atoms with Gasteiger partial charge in [0.15, 0.2) is 0 Å². The lowest BCUT2D eigenvalue weighted by atomic mass is 9.85. The van der Waals surface area contributed by atoms with Crippen molar-refractivity contribution in [3.05, 3.63) is 41.6 Å². The standard InChI is InChI=1S/C23H32N4O2.2ClH/c1-4-29-21-11-7-17(20-10-12-22(24)27-15(20)2)13-18(21)14-26-23(28)16-5-8-19(25-3)9-6-16;;/h7,10-13,16,19,25H,4-6,8-9,14H2,1-3H3,(H2,24,27)(H,26,28);2*1H. The topological polar surface area (TPSA) is 89.3 Å². The minimum atomic E-state index is 0. The van der Waals surface area contributed by atoms with Gasteiger partial charge >= 0.3 is 0 Å². The molecule has 6 nitrogen and oxygen atoms in total. The number of nitrogens with two attached hydrogens (primary N) is 1. The van der Waals surface area contributed by atoms with Crippen molar-refractivity contribution in [3.8, 4) is 16.9 Å². The molecule has 1 saturated carbocycles. The second-order valence-corrected chi connectivity index (χ2v) is 7.68. The number of hydrogen-bond donors (Lipinski definition) is 3. The van der Waals surface area contributed by atoms with Crippen LogP contribution in [0.25, 0.3) is 11.1 Å². The number of rotatable bonds is 7. The predicted octanol–water partition coefficient (Wildman–Crippen LogP) is 4.28. The number of amides is 1. The van der Waals surface area contributed by atoms with E-state index < -0.39 is 0 Å². The van der Waals surface area contributed by atoms with Crippen LogP contribution in [0, 0.1) is 12.8 Å². The van der Waals surface area contributed by atoms with Crippen molar-refractivity contribution in [1.82, 2.24) is 15.6 Å². The third-order valence-electron chi connectivity index (χ3n) is 5.74. The summed E-state index contributed by atoms with van der Waals surface area (Å²) >= 11 is 0. The number of nitrogen functional groups attached to an aromatic ring is 1. The number of pyridine rings is 1. The van der Waals surface area contributed by atoms with Crippen LogP contribution in [0.5, 0.6) is 5.75 Å². The molecule has 0 spiro atoms. The van der Waals surface area contributed by atoms with Gasteiger partial charge < -0.3 is 21.1 Å². The van der Waals surface area contributed by atoms with Crippen molar-refractivity contribution in [2.45, 2.75) is 52.1 Å². The van der Waals surface area contributed by atoms with E-state index in [1.54, 1.807) is 0 Å². The molecule has 1 aliphatic rings. The molecule has 1 aromatic heterocycles. The quantitative estimate of drug-likeness (QED) is 0.564. The number of carbonyl (C=O) groups excluding carboxylic acids is 1. The molecule has 1 aliphatic carbocycles. The van der Waals surface area contributed by atoms with Crippen LogP contribution >= 0.6 is 24.8 Å². The van der Waals surface area contributed by atoms with Crippen LogP contribution in [0.1, 0.15) is 43.9 Å². The summed E-state index contributed by atoms with van der Waals surface area (Å²) in [6, 6.07) is 10.4. The number of aromatic nitrogens is 1. The molecule has 0 atom stereocenters. The lowest BCUT2D eigenvalue weighted by molar-refractivity contribution is -0.126. The molecular formula is C23H34Cl2N4O2. The van der Waals surface area contributed by atoms with Gasteiger partial charge in [-0.1, -0.05) is 6.07 Å². The van der Waals surface area contributed by atoms with Crippen LogP contribution < -0.4 is 21.1 Å². The number of nitrogens with one attached hydrogen (secondary N) is 2. The molecule has 1 amide bonds. The van der Waals surface area contributed by atoms with Crippen LogP contribution in [-0.4, -0.2) is 30.6 Å². The van der Waals surface area contributed by atoms with Crippen molar-refractivity contribution < 1.29 is 9.53 Å². The summed E-state index contributed by atoms with van der Waals surface area (Å²) in [4.78, 5) is 17.0. The smallest absolute Gasteiger partial charge is 0.223 e. The van der Waals surface area contributed by atoms with E-state index in [4.69, 9.17) is 10.5 Å². The van der Waals surface area contributed by atoms with Gasteiger partial charge in [-0.05, 0) is 76.4 Å². The van der Waals surface area contributed by atoms with Crippen molar-refractivity contribution in [1.29, 1.82) is 0 Å². The zero-order valence-electron chi connectivity index (χ0n) is 18.4. The minimum Gasteiger partial charge on any atom is -0.494 e. The molecule has 0 aliphatic heterocycles. The Morgan fingerprint density at radius 2 is 1.87 bits per heavy atom. The SMILES string of the molecule is CCOc1ccc(-c2ccc(N)nc2C)cc1CNC(=O)C1CCC(NC)CC1.Cl.Cl. The van der Waals surface area contributed by atoms with Crippen molar-refractivity contribution >= 4 is 36.5 Å². The van der Waals surface area contributed by atoms with Gasteiger partial charge in [0.05, 0.1) is 6.61 Å². The Labute approximate surface area is 197 Å². The number of nitrogens with zero attached hydrogens (tertiary/aromatic N) is 1. The highest BCUT2D eigenvalue weighted by atomic mass is 35.5. The van der Waals surface area contributed by atoms with Crippen LogP contribution in [0.3, 0.4) is 0 Å². The summed E-state index contributed by atoms with van der Waals surface area (Å²) in [6.07, 6.45) is 3.98. The first-order valence-corrected chi connectivity index (χ1v) is 10.5. The highest BCUT2D eigenvalue weighted by Gasteiger charge is 2.25. The summed E-state index contributed by atoms with van der Waals surface area (Å²) in [6.45, 7) is 4.95. The Morgan fingerprint density at radius 1 is 1.16 bits per heavy atom. The summed E-state index contributed by atoms with van der Waals surface area (Å²) in [5.74, 6) is 1.55. The van der Waals surface area contributed by atoms with Gasteiger partial charge in [-0.3, -0.25) is 4.79 Å². The van der Waals surface area contributed by atoms with E-state index >= 15 is 0 Å². The Balaban J connectivity index is 0.00000240. The Morgan fingerprint density at radius 3 is 2.48 bits per heavy atom. The molecule has 0 bridgehead atoms. The summed E-state index contributed by atoms with van der Waals surface area (Å²) in [5, 5.41) is 6.44. The number of hydrogen-bond acceptors (Lipinski definition) is 5. The molecule has 1 fully saturated rings. The first kappa shape index (κ1) is 27.0. The highest BCUT2D eigenvalue weighted by Crippen LogP contribution is 2.29. The highest BCUT2D eigenvalue weighted by molar-refractivity contribution is 5.85. The van der Waals surface area contributed by atoms with Gasteiger partial charge in [-0.2, -0.15) is 0 Å². The second kappa shape index (κ2) is 12.7. The summed E-state index contributed by atoms with van der Waals surface area (Å²) in [7, 11) is 1.99. The zero-order chi connectivity index (χ0) is 20.8. The molecule has 3 rings (SSSR count). The number of aryl methyl sites for hydroxylation is 1. The summed E-state index contributed by atoms with van der Waals surface area (Å²) < 4.78 is 5.79. The van der Waals surface area contributed by atoms with E-state index in [1.807, 2.05) is 45.2 Å². The van der Waals surface area contributed by atoms with Crippen LogP contribution in [-0.2, 0) is 11.3 Å². The molecule has 1 heterocycles. The largest absolute Gasteiger partial charge is 0.494 e. The van der Waals surface area contributed by atoms with Crippen LogP contribution in [0.15, 0.2) is 30.3 Å². The zero-order valence-corrected chi connectivity index (χ0v) is 20.1. The Hall–Kier alpha value is -2.02. The molecule has 1 aromatic carbocycles. The van der Waals surface area contributed by atoms with Crippen LogP contribution in [0.2, 0.25) is 0 Å². The second-order valence-electron chi connectivity index (χ2n) is 7.68. The molecular weight excluding hydrogens is 435 g/mol. The van der Waals surface area contributed by atoms with E-state index in [1.165, 1.54) is 0 Å². The number of ether oxygens (including phenoxy) is 1. The first-order chi connectivity index (χ1) is 14.0. The Kier molecular flexibility index (Phi) is 11.1. The fraction of sp³-hybridized carbons (Fsp3) is 0.478. The maximum Gasteiger partial charge on any atom is 0.223 e. The molecule has 0 unspecified atom stereocenters. The minimum absolute atomic E-state index is 0. The first-order valence-electron chi connectivity index (χ1n) is 10.5. The van der Waals surface area contributed by atoms with Gasteiger partial charge in [-0.15, -0.1) is 24.8 Å². The predicted molar refractivity (Wildman–Crippen MR) is 131 cm³/mol. The van der Waals surface area contributed by atoms with Crippen molar-refractivity contribution in [3.63, 3.8) is 0 Å². The number of anilines is 1. The molecule has 4 N–H and O–H groups in total. The molecule has 172 valence electrons. The lowest BCUT2D eigenvalue weighted by Crippen LogP contribution is -2.37. The number of halogens is 2. The molecule has 0 saturated heterocycles. The fourth-order valence-corrected chi connectivity index (χ4v) is 4.04. The maximum absolute atomic E-state index is 12.7. The molecule has 2 aromatic rings. The number of benzene rings is 1. The van der Waals surface area contributed by atoms with Gasteiger partial charge in [0.1, 0.15) is 11.6 Å². The molecule has 0 radical (unpaired) electrons. The lowest BCUT2D eigenvalue weighted by Gasteiger charge is -2.27. The van der Waals surface area contributed by atoms with Crippen molar-refractivity contribution in [2.75, 3.05) is 19.4 Å². The van der Waals surface area contributed by atoms with E-state index in [0.29, 0.717) is 25.0 Å². The van der Waals surface area contributed by atoms with Gasteiger partial charge in [0.25, 0.3) is 0 Å². The van der Waals surface area contributed by atoms with E-state index in [-0.39, 0.29) is 36.6 Å². The van der Waals surface area contributed by atoms with Crippen molar-refractivity contribution in [2.24, 2.45) is 5.92 Å². The average Bonchev–Trinajstić information content (AvgIpc) is 2.73. The average molecular weight is 469 g/mol. The summed E-state index contributed by atoms with van der Waals surface area (Å²) in [5.41, 5.74) is 9.70. The molecule has 31 heavy (non-hydrogen) atoms. The third kappa shape index (κ3) is 6.99. The van der Waals surface area contributed by atoms with E-state index in [2.05, 4.69) is 21.7 Å². The van der Waals surface area contributed by atoms with Crippen LogP contribution in [0.4, 0.5) is 5.82 Å². The number of carbonyl (C=O) groups is 1. The van der Waals surface area contributed by atoms with Gasteiger partial charge in [0.2, 0.25) is 5.91 Å². The van der Waals surface area contributed by atoms with E-state index in [9.17, 15) is 4.79 Å². The fourth-order valence-electron chi connectivity index (χ4n) is 4.04. The third-order valence-corrected chi connectivity index (χ3v) is 5.74. The van der Waals surface area contributed by atoms with Gasteiger partial charge in [0, 0.05) is 35.3 Å². The molecule has 8 heteroatoms. The normalized spacial score (nSPS) is 17.8. The monoisotopic (exact) mass is 468 g/mol.